The number of rotatable bonds is 5. The van der Waals surface area contributed by atoms with Gasteiger partial charge in [0.2, 0.25) is 0 Å². The largest absolute Gasteiger partial charge is 0.496 e. The molecule has 0 saturated heterocycles. The number of ether oxygens (including phenoxy) is 1. The molecule has 0 aliphatic heterocycles. The first-order valence-corrected chi connectivity index (χ1v) is 16.7. The highest BCUT2D eigenvalue weighted by Gasteiger charge is 2.55. The zero-order valence-electron chi connectivity index (χ0n) is 22.6. The quantitative estimate of drug-likeness (QED) is 0.330. The van der Waals surface area contributed by atoms with Gasteiger partial charge in [-0.05, 0) is 109 Å². The van der Waals surface area contributed by atoms with E-state index in [1.807, 2.05) is 18.2 Å². The van der Waals surface area contributed by atoms with E-state index in [1.165, 1.54) is 23.3 Å². The Hall–Kier alpha value is -2.72. The molecule has 0 heterocycles. The summed E-state index contributed by atoms with van der Waals surface area (Å²) in [6.45, 7) is 2.30. The maximum absolute atomic E-state index is 12.2. The first-order chi connectivity index (χ1) is 18.9. The molecule has 2 fully saturated rings. The van der Waals surface area contributed by atoms with E-state index in [1.54, 1.807) is 31.4 Å². The highest BCUT2D eigenvalue weighted by Crippen LogP contribution is 2.66. The molecule has 3 aliphatic carbocycles. The Bertz CT molecular complexity index is 1700. The molecule has 3 aromatic rings. The minimum atomic E-state index is -4.41. The van der Waals surface area contributed by atoms with Crippen LogP contribution in [0.2, 0.25) is 0 Å². The highest BCUT2D eigenvalue weighted by atomic mass is 32.2. The summed E-state index contributed by atoms with van der Waals surface area (Å²) in [6.07, 6.45) is 5.64. The molecule has 2 N–H and O–H groups in total. The van der Waals surface area contributed by atoms with Crippen LogP contribution in [0.5, 0.6) is 5.75 Å². The molecule has 0 spiro atoms. The van der Waals surface area contributed by atoms with E-state index in [9.17, 15) is 25.9 Å². The van der Waals surface area contributed by atoms with Crippen LogP contribution in [0.15, 0.2) is 70.5 Å². The summed E-state index contributed by atoms with van der Waals surface area (Å²) >= 11 is 0. The Morgan fingerprint density at radius 3 is 2.17 bits per heavy atom. The number of hydrogen-bond acceptors (Lipinski definition) is 5. The smallest absolute Gasteiger partial charge is 0.295 e. The van der Waals surface area contributed by atoms with Crippen molar-refractivity contribution in [2.75, 3.05) is 7.11 Å². The first kappa shape index (κ1) is 27.4. The molecular formula is C31H34O7S2. The van der Waals surface area contributed by atoms with Crippen molar-refractivity contribution in [1.82, 2.24) is 0 Å². The summed E-state index contributed by atoms with van der Waals surface area (Å²) < 4.78 is 74.2. The molecule has 3 aliphatic rings. The van der Waals surface area contributed by atoms with Crippen LogP contribution in [0.3, 0.4) is 0 Å². The van der Waals surface area contributed by atoms with E-state index >= 15 is 0 Å². The fourth-order valence-corrected chi connectivity index (χ4v) is 9.87. The lowest BCUT2D eigenvalue weighted by Crippen LogP contribution is -2.42. The van der Waals surface area contributed by atoms with Gasteiger partial charge in [-0.1, -0.05) is 43.3 Å². The minimum absolute atomic E-state index is 0.0282. The van der Waals surface area contributed by atoms with E-state index in [-0.39, 0.29) is 21.1 Å². The molecule has 212 valence electrons. The second-order valence-corrected chi connectivity index (χ2v) is 14.6. The molecule has 7 nitrogen and oxygen atoms in total. The van der Waals surface area contributed by atoms with E-state index in [4.69, 9.17) is 4.74 Å². The Morgan fingerprint density at radius 2 is 1.48 bits per heavy atom. The van der Waals surface area contributed by atoms with E-state index in [2.05, 4.69) is 13.0 Å². The summed E-state index contributed by atoms with van der Waals surface area (Å²) in [6, 6.07) is 17.4. The zero-order chi connectivity index (χ0) is 28.4. The van der Waals surface area contributed by atoms with Gasteiger partial charge < -0.3 is 4.74 Å². The van der Waals surface area contributed by atoms with Gasteiger partial charge >= 0.3 is 0 Å². The van der Waals surface area contributed by atoms with Crippen molar-refractivity contribution in [3.8, 4) is 16.9 Å². The van der Waals surface area contributed by atoms with Gasteiger partial charge in [-0.3, -0.25) is 9.11 Å². The fourth-order valence-electron chi connectivity index (χ4n) is 8.41. The third-order valence-electron chi connectivity index (χ3n) is 10.1. The van der Waals surface area contributed by atoms with Crippen LogP contribution in [-0.2, 0) is 26.7 Å². The third kappa shape index (κ3) is 4.38. The lowest BCUT2D eigenvalue weighted by Gasteiger charge is -2.51. The lowest BCUT2D eigenvalue weighted by atomic mass is 9.53. The van der Waals surface area contributed by atoms with Crippen LogP contribution >= 0.6 is 0 Å². The molecule has 0 amide bonds. The van der Waals surface area contributed by atoms with Crippen LogP contribution in [-0.4, -0.2) is 33.1 Å². The monoisotopic (exact) mass is 582 g/mol. The van der Waals surface area contributed by atoms with Crippen molar-refractivity contribution in [2.24, 2.45) is 17.3 Å². The van der Waals surface area contributed by atoms with E-state index in [0.29, 0.717) is 34.6 Å². The van der Waals surface area contributed by atoms with Crippen molar-refractivity contribution in [3.63, 3.8) is 0 Å². The second-order valence-electron chi connectivity index (χ2n) is 11.8. The van der Waals surface area contributed by atoms with Crippen molar-refractivity contribution in [3.05, 3.63) is 77.4 Å². The Morgan fingerprint density at radius 1 is 0.800 bits per heavy atom. The first-order valence-electron chi connectivity index (χ1n) is 13.8. The van der Waals surface area contributed by atoms with Crippen molar-refractivity contribution in [2.45, 2.75) is 67.1 Å². The average molecular weight is 583 g/mol. The van der Waals surface area contributed by atoms with Gasteiger partial charge in [0.1, 0.15) is 10.6 Å². The zero-order valence-corrected chi connectivity index (χ0v) is 24.2. The predicted octanol–water partition coefficient (Wildman–Crippen LogP) is 6.50. The van der Waals surface area contributed by atoms with Gasteiger partial charge in [-0.15, -0.1) is 0 Å². The fraction of sp³-hybridized carbons (Fsp3) is 0.419. The molecule has 2 saturated carbocycles. The number of hydrogen-bond donors (Lipinski definition) is 2. The van der Waals surface area contributed by atoms with Gasteiger partial charge in [0.25, 0.3) is 20.2 Å². The van der Waals surface area contributed by atoms with Gasteiger partial charge in [-0.2, -0.15) is 16.8 Å². The summed E-state index contributed by atoms with van der Waals surface area (Å²) in [5, 5.41) is 0. The average Bonchev–Trinajstić information content (AvgIpc) is 3.28. The van der Waals surface area contributed by atoms with Crippen LogP contribution in [0.1, 0.15) is 67.6 Å². The lowest BCUT2D eigenvalue weighted by molar-refractivity contribution is 0.0476. The molecule has 0 radical (unpaired) electrons. The van der Waals surface area contributed by atoms with Gasteiger partial charge in [0.15, 0.2) is 0 Å². The molecule has 3 unspecified atom stereocenters. The molecule has 0 aromatic heterocycles. The van der Waals surface area contributed by atoms with Gasteiger partial charge in [0.05, 0.1) is 12.0 Å². The number of aryl methyl sites for hydroxylation is 1. The van der Waals surface area contributed by atoms with Crippen molar-refractivity contribution < 1.29 is 30.7 Å². The van der Waals surface area contributed by atoms with Crippen molar-refractivity contribution >= 4 is 20.2 Å². The normalized spacial score (nSPS) is 27.9. The SMILES string of the molecule is COc1cc2c(cc1-c1ccccc1S(=O)(=O)O)CCC1C2CC[C@@]2(C)C1CC[C@@H]2c1ccccc1S(=O)(=O)O. The van der Waals surface area contributed by atoms with Crippen LogP contribution in [0, 0.1) is 17.3 Å². The predicted molar refractivity (Wildman–Crippen MR) is 152 cm³/mol. The van der Waals surface area contributed by atoms with Gasteiger partial charge in [-0.25, -0.2) is 0 Å². The molecule has 9 heteroatoms. The van der Waals surface area contributed by atoms with Crippen LogP contribution < -0.4 is 4.74 Å². The van der Waals surface area contributed by atoms with Crippen LogP contribution in [0.4, 0.5) is 0 Å². The summed E-state index contributed by atoms with van der Waals surface area (Å²) in [5.41, 5.74) is 4.14. The molecule has 0 bridgehead atoms. The molecule has 40 heavy (non-hydrogen) atoms. The number of methoxy groups -OCH3 is 1. The van der Waals surface area contributed by atoms with E-state index < -0.39 is 20.2 Å². The highest BCUT2D eigenvalue weighted by molar-refractivity contribution is 7.86. The molecule has 6 rings (SSSR count). The topological polar surface area (TPSA) is 118 Å². The summed E-state index contributed by atoms with van der Waals surface area (Å²) in [4.78, 5) is -0.113. The van der Waals surface area contributed by atoms with Crippen LogP contribution in [0.25, 0.3) is 11.1 Å². The number of fused-ring (bicyclic) bond motifs is 5. The van der Waals surface area contributed by atoms with E-state index in [0.717, 1.165) is 44.1 Å². The number of benzene rings is 3. The van der Waals surface area contributed by atoms with Crippen molar-refractivity contribution in [1.29, 1.82) is 0 Å². The second kappa shape index (κ2) is 9.69. The molecule has 5 atom stereocenters. The summed E-state index contributed by atoms with van der Waals surface area (Å²) in [5.74, 6) is 1.83. The maximum Gasteiger partial charge on any atom is 0.295 e. The molecule has 3 aromatic carbocycles. The summed E-state index contributed by atoms with van der Waals surface area (Å²) in [7, 11) is -7.15. The standard InChI is InChI=1S/C31H34O7S2/c1-31-16-15-20-21(26(31)13-14-27(31)23-8-4-6-10-30(23)40(35,36)37)12-11-19-17-25(28(38-2)18-24(19)20)22-7-3-5-9-29(22)39(32,33)34/h3-10,17-18,20-21,26-27H,11-16H2,1-2H3,(H,32,33,34)(H,35,36,37)/t20?,21?,26?,27-,31+/m1/s1. The Labute approximate surface area is 236 Å². The third-order valence-corrected chi connectivity index (χ3v) is 11.9. The molecular weight excluding hydrogens is 548 g/mol. The maximum atomic E-state index is 12.2. The van der Waals surface area contributed by atoms with Gasteiger partial charge in [0, 0.05) is 11.1 Å². The Balaban J connectivity index is 1.37. The Kier molecular flexibility index (Phi) is 6.65. The minimum Gasteiger partial charge on any atom is -0.496 e.